The van der Waals surface area contributed by atoms with Gasteiger partial charge < -0.3 is 4.74 Å². The lowest BCUT2D eigenvalue weighted by atomic mass is 9.88. The average Bonchev–Trinajstić information content (AvgIpc) is 2.71. The molecule has 0 saturated carbocycles. The summed E-state index contributed by atoms with van der Waals surface area (Å²) in [5.41, 5.74) is -2.38. The Kier molecular flexibility index (Phi) is 3.66. The maximum Gasteiger partial charge on any atom is 0.332 e. The summed E-state index contributed by atoms with van der Waals surface area (Å²) in [5.74, 6) is -0.852. The van der Waals surface area contributed by atoms with E-state index in [0.717, 1.165) is 6.20 Å². The van der Waals surface area contributed by atoms with Crippen LogP contribution in [0.3, 0.4) is 0 Å². The van der Waals surface area contributed by atoms with Crippen molar-refractivity contribution in [1.29, 1.82) is 5.26 Å². The van der Waals surface area contributed by atoms with E-state index in [1.807, 2.05) is 0 Å². The van der Waals surface area contributed by atoms with Gasteiger partial charge in [0.15, 0.2) is 5.69 Å². The van der Waals surface area contributed by atoms with Gasteiger partial charge in [-0.25, -0.2) is 4.79 Å². The Morgan fingerprint density at radius 2 is 2.39 bits per heavy atom. The predicted molar refractivity (Wildman–Crippen MR) is 59.5 cm³/mol. The molecule has 0 bridgehead atoms. The molecule has 0 aromatic carbocycles. The lowest BCUT2D eigenvalue weighted by Gasteiger charge is -2.16. The zero-order valence-corrected chi connectivity index (χ0v) is 10.2. The van der Waals surface area contributed by atoms with Gasteiger partial charge in [0, 0.05) is 7.05 Å². The van der Waals surface area contributed by atoms with Crippen LogP contribution in [0.25, 0.3) is 0 Å². The summed E-state index contributed by atoms with van der Waals surface area (Å²) in [7, 11) is 1.47. The molecule has 18 heavy (non-hydrogen) atoms. The number of aromatic nitrogens is 2. The number of ether oxygens (including phenoxy) is 1. The predicted octanol–water partition coefficient (Wildman–Crippen LogP) is 0.673. The van der Waals surface area contributed by atoms with Crippen molar-refractivity contribution in [3.8, 4) is 6.07 Å². The highest BCUT2D eigenvalue weighted by atomic mass is 16.6. The molecule has 0 aliphatic rings. The van der Waals surface area contributed by atoms with E-state index in [0.29, 0.717) is 0 Å². The van der Waals surface area contributed by atoms with E-state index in [1.54, 1.807) is 13.0 Å². The second-order valence-corrected chi connectivity index (χ2v) is 3.75. The summed E-state index contributed by atoms with van der Waals surface area (Å²) >= 11 is 0. The minimum atomic E-state index is -1.79. The van der Waals surface area contributed by atoms with E-state index >= 15 is 0 Å². The van der Waals surface area contributed by atoms with Gasteiger partial charge in [-0.1, -0.05) is 0 Å². The Morgan fingerprint density at radius 1 is 1.78 bits per heavy atom. The maximum atomic E-state index is 11.8. The van der Waals surface area contributed by atoms with Crippen molar-refractivity contribution in [2.24, 2.45) is 7.05 Å². The molecule has 1 rings (SSSR count). The zero-order valence-electron chi connectivity index (χ0n) is 10.2. The van der Waals surface area contributed by atoms with Crippen LogP contribution in [0.2, 0.25) is 0 Å². The molecule has 8 nitrogen and oxygen atoms in total. The van der Waals surface area contributed by atoms with Gasteiger partial charge in [-0.2, -0.15) is 10.4 Å². The Morgan fingerprint density at radius 3 is 2.83 bits per heavy atom. The van der Waals surface area contributed by atoms with Crippen molar-refractivity contribution < 1.29 is 14.5 Å². The number of nitrogens with zero attached hydrogens (tertiary/aromatic N) is 4. The molecule has 0 N–H and O–H groups in total. The van der Waals surface area contributed by atoms with E-state index in [1.165, 1.54) is 18.7 Å². The smallest absolute Gasteiger partial charge is 0.332 e. The summed E-state index contributed by atoms with van der Waals surface area (Å²) in [4.78, 5) is 21.9. The van der Waals surface area contributed by atoms with Crippen LogP contribution in [0.15, 0.2) is 6.20 Å². The third-order valence-electron chi connectivity index (χ3n) is 2.39. The Balaban J connectivity index is 3.37. The van der Waals surface area contributed by atoms with E-state index in [4.69, 9.17) is 10.00 Å². The van der Waals surface area contributed by atoms with Crippen LogP contribution in [0, 0.1) is 21.4 Å². The molecule has 1 heterocycles. The fourth-order valence-electron chi connectivity index (χ4n) is 1.44. The van der Waals surface area contributed by atoms with Crippen LogP contribution in [0.4, 0.5) is 5.69 Å². The van der Waals surface area contributed by atoms with E-state index in [2.05, 4.69) is 5.10 Å². The number of carbonyl (C=O) groups is 1. The number of hydrogen-bond donors (Lipinski definition) is 0. The first-order valence-electron chi connectivity index (χ1n) is 5.13. The molecule has 0 radical (unpaired) electrons. The van der Waals surface area contributed by atoms with E-state index in [-0.39, 0.29) is 18.0 Å². The third-order valence-corrected chi connectivity index (χ3v) is 2.39. The molecular weight excluding hydrogens is 240 g/mol. The van der Waals surface area contributed by atoms with Gasteiger partial charge in [0.05, 0.1) is 17.6 Å². The first-order valence-corrected chi connectivity index (χ1v) is 5.13. The summed E-state index contributed by atoms with van der Waals surface area (Å²) in [5, 5.41) is 23.8. The van der Waals surface area contributed by atoms with Gasteiger partial charge in [0.2, 0.25) is 5.41 Å². The van der Waals surface area contributed by atoms with Crippen molar-refractivity contribution in [2.75, 3.05) is 6.61 Å². The number of aryl methyl sites for hydroxylation is 1. The average molecular weight is 252 g/mol. The number of carbonyl (C=O) groups excluding carboxylic acids is 1. The molecule has 1 aromatic heterocycles. The molecule has 8 heteroatoms. The fourth-order valence-corrected chi connectivity index (χ4v) is 1.44. The molecule has 0 saturated heterocycles. The molecule has 1 unspecified atom stereocenters. The van der Waals surface area contributed by atoms with Crippen molar-refractivity contribution in [1.82, 2.24) is 9.78 Å². The summed E-state index contributed by atoms with van der Waals surface area (Å²) in [6.07, 6.45) is 1.14. The van der Waals surface area contributed by atoms with Crippen LogP contribution in [-0.2, 0) is 22.0 Å². The largest absolute Gasteiger partial charge is 0.465 e. The minimum Gasteiger partial charge on any atom is -0.465 e. The van der Waals surface area contributed by atoms with Crippen molar-refractivity contribution >= 4 is 11.7 Å². The Labute approximate surface area is 103 Å². The third kappa shape index (κ3) is 2.15. The quantitative estimate of drug-likeness (QED) is 0.442. The number of esters is 1. The molecule has 0 amide bonds. The van der Waals surface area contributed by atoms with E-state index < -0.39 is 16.3 Å². The molecule has 1 atom stereocenters. The molecule has 1 aromatic rings. The molecule has 0 fully saturated rings. The normalized spacial score (nSPS) is 13.4. The van der Waals surface area contributed by atoms with Gasteiger partial charge in [-0.15, -0.1) is 0 Å². The highest BCUT2D eigenvalue weighted by Gasteiger charge is 2.45. The summed E-state index contributed by atoms with van der Waals surface area (Å²) in [6, 6.07) is 1.73. The molecule has 0 spiro atoms. The van der Waals surface area contributed by atoms with Gasteiger partial charge >= 0.3 is 11.7 Å². The second kappa shape index (κ2) is 4.83. The van der Waals surface area contributed by atoms with Gasteiger partial charge in [-0.05, 0) is 13.8 Å². The van der Waals surface area contributed by atoms with E-state index in [9.17, 15) is 14.9 Å². The second-order valence-electron chi connectivity index (χ2n) is 3.75. The summed E-state index contributed by atoms with van der Waals surface area (Å²) in [6.45, 7) is 2.92. The topological polar surface area (TPSA) is 111 Å². The fraction of sp³-hybridized carbons (Fsp3) is 0.500. The highest BCUT2D eigenvalue weighted by molar-refractivity contribution is 5.86. The van der Waals surface area contributed by atoms with Crippen LogP contribution < -0.4 is 0 Å². The Hall–Kier alpha value is -2.43. The van der Waals surface area contributed by atoms with Crippen LogP contribution in [0.1, 0.15) is 19.5 Å². The lowest BCUT2D eigenvalue weighted by Crippen LogP contribution is -2.34. The first-order chi connectivity index (χ1) is 8.36. The molecular formula is C10H12N4O4. The van der Waals surface area contributed by atoms with Crippen molar-refractivity contribution in [3.63, 3.8) is 0 Å². The lowest BCUT2D eigenvalue weighted by molar-refractivity contribution is -0.385. The number of rotatable bonds is 4. The molecule has 0 aliphatic heterocycles. The number of nitriles is 1. The first kappa shape index (κ1) is 13.6. The Bertz CT molecular complexity index is 530. The molecule has 0 aliphatic carbocycles. The zero-order chi connectivity index (χ0) is 13.9. The molecule has 96 valence electrons. The number of nitro groups is 1. The minimum absolute atomic E-state index is 0.0801. The van der Waals surface area contributed by atoms with Crippen molar-refractivity contribution in [2.45, 2.75) is 19.3 Å². The van der Waals surface area contributed by atoms with Gasteiger partial charge in [0.25, 0.3) is 0 Å². The highest BCUT2D eigenvalue weighted by Crippen LogP contribution is 2.31. The van der Waals surface area contributed by atoms with Crippen molar-refractivity contribution in [3.05, 3.63) is 22.0 Å². The van der Waals surface area contributed by atoms with Crippen LogP contribution >= 0.6 is 0 Å². The monoisotopic (exact) mass is 252 g/mol. The SMILES string of the molecule is CCOC(=O)C(C)(C#N)c1nn(C)cc1[N+](=O)[O-]. The van der Waals surface area contributed by atoms with Gasteiger partial charge in [0.1, 0.15) is 6.20 Å². The van der Waals surface area contributed by atoms with Crippen LogP contribution in [0.5, 0.6) is 0 Å². The number of hydrogen-bond acceptors (Lipinski definition) is 6. The summed E-state index contributed by atoms with van der Waals surface area (Å²) < 4.78 is 5.95. The maximum absolute atomic E-state index is 11.8. The van der Waals surface area contributed by atoms with Crippen LogP contribution in [-0.4, -0.2) is 27.3 Å². The standard InChI is InChI=1S/C10H12N4O4/c1-4-18-9(15)10(2,6-11)8-7(14(16)17)5-13(3)12-8/h5H,4H2,1-3H3. The van der Waals surface area contributed by atoms with Gasteiger partial charge in [-0.3, -0.25) is 14.8 Å².